The van der Waals surface area contributed by atoms with Crippen LogP contribution in [0.4, 0.5) is 0 Å². The van der Waals surface area contributed by atoms with Crippen LogP contribution in [-0.4, -0.2) is 16.4 Å². The summed E-state index contributed by atoms with van der Waals surface area (Å²) in [5.74, 6) is 0.153. The molecule has 88 valence electrons. The number of ketones is 2. The monoisotopic (exact) mass is 292 g/mol. The van der Waals surface area contributed by atoms with Crippen LogP contribution in [0.1, 0.15) is 40.0 Å². The molecule has 0 radical (unpaired) electrons. The highest BCUT2D eigenvalue weighted by molar-refractivity contribution is 9.09. The number of carbonyl (C=O) groups excluding carboxylic acids is 2. The topological polar surface area (TPSA) is 34.1 Å². The molecule has 0 bridgehead atoms. The number of rotatable bonds is 0. The van der Waals surface area contributed by atoms with E-state index >= 15 is 0 Å². The van der Waals surface area contributed by atoms with E-state index in [1.165, 1.54) is 0 Å². The van der Waals surface area contributed by atoms with Crippen LogP contribution in [0.25, 0.3) is 0 Å². The highest BCUT2D eigenvalue weighted by Crippen LogP contribution is 2.41. The first-order chi connectivity index (χ1) is 8.18. The van der Waals surface area contributed by atoms with Gasteiger partial charge in [0.2, 0.25) is 0 Å². The largest absolute Gasteiger partial charge is 0.294 e. The fraction of sp³-hybridized carbons (Fsp3) is 0.429. The first-order valence-electron chi connectivity index (χ1n) is 6.00. The molecule has 3 heteroatoms. The average molecular weight is 293 g/mol. The standard InChI is InChI=1S/C14H13BrO2/c15-8-5-6-11-12(7-8)14(17)10-4-2-1-3-9(10)13(11)16/h1-4,8,11-12H,5-7H2. The fourth-order valence-electron chi connectivity index (χ4n) is 3.04. The summed E-state index contributed by atoms with van der Waals surface area (Å²) in [6.45, 7) is 0. The molecule has 2 nitrogen and oxygen atoms in total. The van der Waals surface area contributed by atoms with Gasteiger partial charge in [0.1, 0.15) is 0 Å². The van der Waals surface area contributed by atoms with E-state index in [0.29, 0.717) is 16.0 Å². The second-order valence-electron chi connectivity index (χ2n) is 4.90. The first-order valence-corrected chi connectivity index (χ1v) is 6.91. The lowest BCUT2D eigenvalue weighted by atomic mass is 9.67. The SMILES string of the molecule is O=C1c2ccccc2C(=O)C2CC(Br)CCC12. The summed E-state index contributed by atoms with van der Waals surface area (Å²) >= 11 is 3.57. The van der Waals surface area contributed by atoms with Crippen molar-refractivity contribution >= 4 is 27.5 Å². The molecule has 3 atom stereocenters. The number of Topliss-reactive ketones (excluding diaryl/α,β-unsaturated/α-hetero) is 2. The van der Waals surface area contributed by atoms with Gasteiger partial charge in [-0.2, -0.15) is 0 Å². The zero-order chi connectivity index (χ0) is 12.0. The maximum absolute atomic E-state index is 12.4. The third-order valence-electron chi connectivity index (χ3n) is 3.92. The zero-order valence-corrected chi connectivity index (χ0v) is 10.9. The van der Waals surface area contributed by atoms with Gasteiger partial charge < -0.3 is 0 Å². The lowest BCUT2D eigenvalue weighted by Crippen LogP contribution is -2.40. The molecule has 2 aliphatic carbocycles. The summed E-state index contributed by atoms with van der Waals surface area (Å²) in [5.41, 5.74) is 1.26. The molecule has 1 saturated carbocycles. The molecule has 0 amide bonds. The lowest BCUT2D eigenvalue weighted by molar-refractivity contribution is 0.0682. The molecule has 0 spiro atoms. The van der Waals surface area contributed by atoms with E-state index in [1.807, 2.05) is 12.1 Å². The smallest absolute Gasteiger partial charge is 0.167 e. The quantitative estimate of drug-likeness (QED) is 0.688. The van der Waals surface area contributed by atoms with Crippen molar-refractivity contribution in [3.05, 3.63) is 35.4 Å². The molecule has 1 fully saturated rings. The van der Waals surface area contributed by atoms with Crippen LogP contribution in [0.15, 0.2) is 24.3 Å². The minimum Gasteiger partial charge on any atom is -0.294 e. The highest BCUT2D eigenvalue weighted by Gasteiger charge is 2.43. The number of halogens is 1. The van der Waals surface area contributed by atoms with Gasteiger partial charge in [-0.3, -0.25) is 9.59 Å². The molecule has 3 unspecified atom stereocenters. The molecular weight excluding hydrogens is 280 g/mol. The predicted octanol–water partition coefficient (Wildman–Crippen LogP) is 3.25. The molecule has 1 aromatic rings. The highest BCUT2D eigenvalue weighted by atomic mass is 79.9. The van der Waals surface area contributed by atoms with Crippen molar-refractivity contribution in [3.63, 3.8) is 0 Å². The van der Waals surface area contributed by atoms with Crippen molar-refractivity contribution in [2.75, 3.05) is 0 Å². The minimum absolute atomic E-state index is 0.0776. The van der Waals surface area contributed by atoms with E-state index in [4.69, 9.17) is 0 Å². The Morgan fingerprint density at radius 3 is 2.18 bits per heavy atom. The molecule has 17 heavy (non-hydrogen) atoms. The van der Waals surface area contributed by atoms with Gasteiger partial charge >= 0.3 is 0 Å². The van der Waals surface area contributed by atoms with Crippen molar-refractivity contribution in [2.24, 2.45) is 11.8 Å². The zero-order valence-electron chi connectivity index (χ0n) is 9.36. The molecule has 0 heterocycles. The Kier molecular flexibility index (Phi) is 2.66. The predicted molar refractivity (Wildman–Crippen MR) is 68.6 cm³/mol. The van der Waals surface area contributed by atoms with Crippen molar-refractivity contribution in [3.8, 4) is 0 Å². The summed E-state index contributed by atoms with van der Waals surface area (Å²) in [6, 6.07) is 7.23. The van der Waals surface area contributed by atoms with Gasteiger partial charge in [-0.1, -0.05) is 40.2 Å². The van der Waals surface area contributed by atoms with Crippen LogP contribution < -0.4 is 0 Å². The van der Waals surface area contributed by atoms with Crippen LogP contribution in [0, 0.1) is 11.8 Å². The third kappa shape index (κ3) is 1.68. The minimum atomic E-state index is -0.101. The van der Waals surface area contributed by atoms with Crippen LogP contribution in [0.2, 0.25) is 0 Å². The van der Waals surface area contributed by atoms with Gasteiger partial charge in [-0.15, -0.1) is 0 Å². The van der Waals surface area contributed by atoms with Crippen molar-refractivity contribution in [1.29, 1.82) is 0 Å². The molecule has 0 aromatic heterocycles. The van der Waals surface area contributed by atoms with Crippen LogP contribution in [-0.2, 0) is 0 Å². The summed E-state index contributed by atoms with van der Waals surface area (Å²) in [7, 11) is 0. The van der Waals surface area contributed by atoms with E-state index in [9.17, 15) is 9.59 Å². The van der Waals surface area contributed by atoms with E-state index in [2.05, 4.69) is 15.9 Å². The fourth-order valence-corrected chi connectivity index (χ4v) is 3.70. The maximum Gasteiger partial charge on any atom is 0.167 e. The third-order valence-corrected chi connectivity index (χ3v) is 4.75. The van der Waals surface area contributed by atoms with Gasteiger partial charge in [-0.25, -0.2) is 0 Å². The summed E-state index contributed by atoms with van der Waals surface area (Å²) in [6.07, 6.45) is 2.62. The molecular formula is C14H13BrO2. The summed E-state index contributed by atoms with van der Waals surface area (Å²) in [5, 5.41) is 0. The average Bonchev–Trinajstić information content (AvgIpc) is 2.36. The van der Waals surface area contributed by atoms with Gasteiger partial charge in [0.15, 0.2) is 11.6 Å². The Morgan fingerprint density at radius 2 is 1.53 bits per heavy atom. The molecule has 3 rings (SSSR count). The lowest BCUT2D eigenvalue weighted by Gasteiger charge is -2.36. The van der Waals surface area contributed by atoms with E-state index < -0.39 is 0 Å². The Bertz CT molecular complexity index is 495. The number of fused-ring (bicyclic) bond motifs is 2. The van der Waals surface area contributed by atoms with Gasteiger partial charge in [0.05, 0.1) is 0 Å². The van der Waals surface area contributed by atoms with E-state index in [1.54, 1.807) is 12.1 Å². The van der Waals surface area contributed by atoms with Crippen LogP contribution in [0.5, 0.6) is 0 Å². The number of alkyl halides is 1. The Labute approximate surface area is 109 Å². The van der Waals surface area contributed by atoms with Crippen molar-refractivity contribution in [1.82, 2.24) is 0 Å². The van der Waals surface area contributed by atoms with E-state index in [0.717, 1.165) is 19.3 Å². The molecule has 0 saturated heterocycles. The van der Waals surface area contributed by atoms with E-state index in [-0.39, 0.29) is 23.4 Å². The van der Waals surface area contributed by atoms with Crippen molar-refractivity contribution in [2.45, 2.75) is 24.1 Å². The molecule has 2 aliphatic rings. The van der Waals surface area contributed by atoms with Crippen LogP contribution >= 0.6 is 15.9 Å². The number of hydrogen-bond donors (Lipinski definition) is 0. The Balaban J connectivity index is 2.08. The Hall–Kier alpha value is -0.960. The van der Waals surface area contributed by atoms with Crippen molar-refractivity contribution < 1.29 is 9.59 Å². The number of benzene rings is 1. The molecule has 1 aromatic carbocycles. The van der Waals surface area contributed by atoms with Crippen LogP contribution in [0.3, 0.4) is 0 Å². The number of carbonyl (C=O) groups is 2. The van der Waals surface area contributed by atoms with Gasteiger partial charge in [0, 0.05) is 27.8 Å². The molecule has 0 N–H and O–H groups in total. The first kappa shape index (κ1) is 11.1. The number of hydrogen-bond acceptors (Lipinski definition) is 2. The second kappa shape index (κ2) is 4.05. The molecule has 0 aliphatic heterocycles. The maximum atomic E-state index is 12.4. The summed E-state index contributed by atoms with van der Waals surface area (Å²) < 4.78 is 0. The summed E-state index contributed by atoms with van der Waals surface area (Å²) in [4.78, 5) is 25.1. The van der Waals surface area contributed by atoms with Gasteiger partial charge in [0.25, 0.3) is 0 Å². The normalized spacial score (nSPS) is 31.9. The second-order valence-corrected chi connectivity index (χ2v) is 6.19. The Morgan fingerprint density at radius 1 is 0.941 bits per heavy atom. The van der Waals surface area contributed by atoms with Gasteiger partial charge in [-0.05, 0) is 19.3 Å².